The van der Waals surface area contributed by atoms with Crippen LogP contribution in [0, 0.1) is 0 Å². The zero-order valence-electron chi connectivity index (χ0n) is 10.9. The van der Waals surface area contributed by atoms with E-state index in [0.717, 1.165) is 25.1 Å². The van der Waals surface area contributed by atoms with E-state index in [2.05, 4.69) is 9.88 Å². The van der Waals surface area contributed by atoms with Crippen LogP contribution in [-0.2, 0) is 17.9 Å². The van der Waals surface area contributed by atoms with Crippen molar-refractivity contribution in [1.29, 1.82) is 0 Å². The van der Waals surface area contributed by atoms with E-state index in [-0.39, 0.29) is 5.91 Å². The first-order valence-corrected chi connectivity index (χ1v) is 6.58. The van der Waals surface area contributed by atoms with Gasteiger partial charge in [-0.2, -0.15) is 0 Å². The van der Waals surface area contributed by atoms with Crippen molar-refractivity contribution in [2.75, 3.05) is 0 Å². The van der Waals surface area contributed by atoms with Gasteiger partial charge in [-0.05, 0) is 18.6 Å². The maximum atomic E-state index is 11.6. The van der Waals surface area contributed by atoms with Gasteiger partial charge in [-0.3, -0.25) is 4.79 Å². The molecular formula is C15H19N2O2+. The molecule has 0 fully saturated rings. The molecule has 0 aliphatic rings. The number of aryl methyl sites for hydroxylation is 1. The second kappa shape index (κ2) is 7.36. The summed E-state index contributed by atoms with van der Waals surface area (Å²) in [5, 5.41) is 2.84. The molecule has 0 atom stereocenters. The third-order valence-corrected chi connectivity index (χ3v) is 2.89. The van der Waals surface area contributed by atoms with E-state index in [1.807, 2.05) is 42.7 Å². The number of nitrogens with one attached hydrogen (secondary N) is 1. The van der Waals surface area contributed by atoms with Crippen molar-refractivity contribution in [2.24, 2.45) is 0 Å². The van der Waals surface area contributed by atoms with E-state index in [1.165, 1.54) is 0 Å². The number of unbranched alkanes of at least 4 members (excludes halogenated alkanes) is 1. The van der Waals surface area contributed by atoms with Gasteiger partial charge in [0.25, 0.3) is 0 Å². The Morgan fingerprint density at radius 1 is 1.16 bits per heavy atom. The molecule has 2 aromatic heterocycles. The summed E-state index contributed by atoms with van der Waals surface area (Å²) in [6, 6.07) is 9.69. The predicted octanol–water partition coefficient (Wildman–Crippen LogP) is 2.05. The molecule has 1 N–H and O–H groups in total. The first-order valence-electron chi connectivity index (χ1n) is 6.58. The molecule has 0 aliphatic heterocycles. The Hall–Kier alpha value is -2.10. The Morgan fingerprint density at radius 2 is 2.00 bits per heavy atom. The second-order valence-corrected chi connectivity index (χ2v) is 4.43. The number of rotatable bonds is 7. The maximum Gasteiger partial charge on any atom is 0.220 e. The number of furan rings is 1. The summed E-state index contributed by atoms with van der Waals surface area (Å²) >= 11 is 0. The van der Waals surface area contributed by atoms with E-state index in [9.17, 15) is 4.79 Å². The highest BCUT2D eigenvalue weighted by Gasteiger charge is 2.04. The molecule has 2 heterocycles. The minimum absolute atomic E-state index is 0.0782. The predicted molar refractivity (Wildman–Crippen MR) is 71.0 cm³/mol. The molecule has 0 bridgehead atoms. The van der Waals surface area contributed by atoms with Crippen LogP contribution in [0.2, 0.25) is 0 Å². The summed E-state index contributed by atoms with van der Waals surface area (Å²) in [5.74, 6) is 0.864. The number of pyridine rings is 1. The van der Waals surface area contributed by atoms with Gasteiger partial charge in [-0.15, -0.1) is 0 Å². The maximum absolute atomic E-state index is 11.6. The Morgan fingerprint density at radius 3 is 2.74 bits per heavy atom. The molecule has 0 unspecified atom stereocenters. The summed E-state index contributed by atoms with van der Waals surface area (Å²) in [4.78, 5) is 11.6. The van der Waals surface area contributed by atoms with Crippen LogP contribution in [0.25, 0.3) is 0 Å². The number of carbonyl (C=O) groups excluding carboxylic acids is 1. The van der Waals surface area contributed by atoms with Crippen LogP contribution in [0.1, 0.15) is 25.0 Å². The topological polar surface area (TPSA) is 46.1 Å². The summed E-state index contributed by atoms with van der Waals surface area (Å²) in [5.41, 5.74) is 0. The van der Waals surface area contributed by atoms with Gasteiger partial charge in [0.05, 0.1) is 12.8 Å². The van der Waals surface area contributed by atoms with Gasteiger partial charge in [0, 0.05) is 25.0 Å². The summed E-state index contributed by atoms with van der Waals surface area (Å²) in [6.07, 6.45) is 8.15. The molecule has 0 saturated carbocycles. The lowest BCUT2D eigenvalue weighted by atomic mass is 10.2. The first-order chi connectivity index (χ1) is 9.34. The number of carbonyl (C=O) groups is 1. The van der Waals surface area contributed by atoms with Crippen molar-refractivity contribution in [2.45, 2.75) is 32.4 Å². The molecule has 0 spiro atoms. The Labute approximate surface area is 113 Å². The van der Waals surface area contributed by atoms with Gasteiger partial charge in [0.15, 0.2) is 12.4 Å². The van der Waals surface area contributed by atoms with Crippen LogP contribution in [0.3, 0.4) is 0 Å². The van der Waals surface area contributed by atoms with E-state index in [4.69, 9.17) is 4.42 Å². The quantitative estimate of drug-likeness (QED) is 0.611. The van der Waals surface area contributed by atoms with E-state index >= 15 is 0 Å². The average molecular weight is 259 g/mol. The van der Waals surface area contributed by atoms with Gasteiger partial charge >= 0.3 is 0 Å². The molecule has 19 heavy (non-hydrogen) atoms. The third kappa shape index (κ3) is 4.95. The molecular weight excluding hydrogens is 240 g/mol. The third-order valence-electron chi connectivity index (χ3n) is 2.89. The highest BCUT2D eigenvalue weighted by atomic mass is 16.3. The average Bonchev–Trinajstić information content (AvgIpc) is 2.96. The zero-order chi connectivity index (χ0) is 13.3. The largest absolute Gasteiger partial charge is 0.467 e. The molecule has 1 amide bonds. The van der Waals surface area contributed by atoms with Crippen molar-refractivity contribution in [3.63, 3.8) is 0 Å². The van der Waals surface area contributed by atoms with Gasteiger partial charge in [0.2, 0.25) is 5.91 Å². The van der Waals surface area contributed by atoms with Crippen LogP contribution in [0.15, 0.2) is 53.4 Å². The molecule has 4 nitrogen and oxygen atoms in total. The molecule has 0 aromatic carbocycles. The van der Waals surface area contributed by atoms with Crippen molar-refractivity contribution in [3.05, 3.63) is 54.7 Å². The molecule has 4 heteroatoms. The second-order valence-electron chi connectivity index (χ2n) is 4.43. The van der Waals surface area contributed by atoms with Crippen molar-refractivity contribution in [3.8, 4) is 0 Å². The summed E-state index contributed by atoms with van der Waals surface area (Å²) in [7, 11) is 0. The van der Waals surface area contributed by atoms with Crippen LogP contribution in [-0.4, -0.2) is 5.91 Å². The van der Waals surface area contributed by atoms with Crippen molar-refractivity contribution < 1.29 is 13.8 Å². The van der Waals surface area contributed by atoms with Gasteiger partial charge in [0.1, 0.15) is 12.3 Å². The summed E-state index contributed by atoms with van der Waals surface area (Å²) < 4.78 is 7.28. The minimum atomic E-state index is 0.0782. The molecule has 2 rings (SSSR count). The number of nitrogens with zero attached hydrogens (tertiary/aromatic N) is 1. The molecule has 0 saturated heterocycles. The van der Waals surface area contributed by atoms with Gasteiger partial charge < -0.3 is 9.73 Å². The van der Waals surface area contributed by atoms with Gasteiger partial charge in [-0.25, -0.2) is 4.57 Å². The van der Waals surface area contributed by atoms with E-state index < -0.39 is 0 Å². The molecule has 0 radical (unpaired) electrons. The van der Waals surface area contributed by atoms with Crippen LogP contribution < -0.4 is 9.88 Å². The number of aromatic nitrogens is 1. The lowest BCUT2D eigenvalue weighted by Gasteiger charge is -2.02. The van der Waals surface area contributed by atoms with E-state index in [1.54, 1.807) is 6.26 Å². The number of hydrogen-bond donors (Lipinski definition) is 1. The standard InChI is InChI=1S/C15H18N2O2/c18-15(16-13-14-7-6-12-19-14)8-2-5-11-17-9-3-1-4-10-17/h1,3-4,6-7,9-10,12H,2,5,8,11,13H2/p+1. The minimum Gasteiger partial charge on any atom is -0.467 e. The number of amides is 1. The van der Waals surface area contributed by atoms with Crippen LogP contribution in [0.4, 0.5) is 0 Å². The fraction of sp³-hybridized carbons (Fsp3) is 0.333. The normalized spacial score (nSPS) is 10.3. The highest BCUT2D eigenvalue weighted by molar-refractivity contribution is 5.75. The lowest BCUT2D eigenvalue weighted by molar-refractivity contribution is -0.697. The van der Waals surface area contributed by atoms with Crippen molar-refractivity contribution in [1.82, 2.24) is 5.32 Å². The van der Waals surface area contributed by atoms with Crippen molar-refractivity contribution >= 4 is 5.91 Å². The zero-order valence-corrected chi connectivity index (χ0v) is 10.9. The Balaban J connectivity index is 1.57. The molecule has 2 aromatic rings. The summed E-state index contributed by atoms with van der Waals surface area (Å²) in [6.45, 7) is 1.42. The van der Waals surface area contributed by atoms with Crippen LogP contribution in [0.5, 0.6) is 0 Å². The Bertz CT molecular complexity index is 480. The van der Waals surface area contributed by atoms with Gasteiger partial charge in [-0.1, -0.05) is 6.07 Å². The molecule has 0 aliphatic carbocycles. The smallest absolute Gasteiger partial charge is 0.220 e. The first kappa shape index (κ1) is 13.3. The fourth-order valence-electron chi connectivity index (χ4n) is 1.85. The molecule has 100 valence electrons. The fourth-order valence-corrected chi connectivity index (χ4v) is 1.85. The highest BCUT2D eigenvalue weighted by Crippen LogP contribution is 2.00. The SMILES string of the molecule is O=C(CCCC[n+]1ccccc1)NCc1ccco1. The Kier molecular flexibility index (Phi) is 5.17. The van der Waals surface area contributed by atoms with Crippen LogP contribution >= 0.6 is 0 Å². The number of hydrogen-bond acceptors (Lipinski definition) is 2. The lowest BCUT2D eigenvalue weighted by Crippen LogP contribution is -2.32. The van der Waals surface area contributed by atoms with E-state index in [0.29, 0.717) is 13.0 Å². The monoisotopic (exact) mass is 259 g/mol.